The fourth-order valence-electron chi connectivity index (χ4n) is 1.10. The van der Waals surface area contributed by atoms with Gasteiger partial charge in [-0.1, -0.05) is 12.1 Å². The molecule has 0 heterocycles. The first-order valence-corrected chi connectivity index (χ1v) is 6.40. The molecule has 6 heteroatoms. The van der Waals surface area contributed by atoms with Crippen molar-refractivity contribution < 1.29 is 19.4 Å². The van der Waals surface area contributed by atoms with Crippen molar-refractivity contribution in [3.8, 4) is 0 Å². The van der Waals surface area contributed by atoms with Crippen LogP contribution >= 0.6 is 11.8 Å². The molecule has 0 radical (unpaired) electrons. The SMILES string of the molecule is CC(O)(CO)CNC(=O)CSc1ccccc1F. The quantitative estimate of drug-likeness (QED) is 0.670. The smallest absolute Gasteiger partial charge is 0.230 e. The van der Waals surface area contributed by atoms with Gasteiger partial charge in [0.1, 0.15) is 11.4 Å². The first kappa shape index (κ1) is 14.9. The van der Waals surface area contributed by atoms with Gasteiger partial charge in [0, 0.05) is 11.4 Å². The number of halogens is 1. The van der Waals surface area contributed by atoms with E-state index in [0.717, 1.165) is 11.8 Å². The van der Waals surface area contributed by atoms with Crippen molar-refractivity contribution >= 4 is 17.7 Å². The Balaban J connectivity index is 2.36. The second-order valence-corrected chi connectivity index (χ2v) is 5.17. The van der Waals surface area contributed by atoms with Crippen molar-refractivity contribution in [3.05, 3.63) is 30.1 Å². The lowest BCUT2D eigenvalue weighted by Crippen LogP contribution is -2.43. The number of hydrogen-bond acceptors (Lipinski definition) is 4. The number of benzene rings is 1. The van der Waals surface area contributed by atoms with Gasteiger partial charge in [0.25, 0.3) is 0 Å². The van der Waals surface area contributed by atoms with Crippen molar-refractivity contribution in [1.82, 2.24) is 5.32 Å². The lowest BCUT2D eigenvalue weighted by molar-refractivity contribution is -0.120. The van der Waals surface area contributed by atoms with Crippen molar-refractivity contribution in [3.63, 3.8) is 0 Å². The molecule has 3 N–H and O–H groups in total. The molecule has 0 aliphatic carbocycles. The topological polar surface area (TPSA) is 69.6 Å². The highest BCUT2D eigenvalue weighted by atomic mass is 32.2. The minimum atomic E-state index is -1.33. The van der Waals surface area contributed by atoms with Crippen molar-refractivity contribution in [2.45, 2.75) is 17.4 Å². The standard InChI is InChI=1S/C12H16FNO3S/c1-12(17,8-15)7-14-11(16)6-18-10-5-3-2-4-9(10)13/h2-5,15,17H,6-8H2,1H3,(H,14,16). The van der Waals surface area contributed by atoms with Crippen LogP contribution in [-0.2, 0) is 4.79 Å². The van der Waals surface area contributed by atoms with Crippen LogP contribution in [0.15, 0.2) is 29.2 Å². The zero-order valence-corrected chi connectivity index (χ0v) is 10.8. The lowest BCUT2D eigenvalue weighted by Gasteiger charge is -2.20. The van der Waals surface area contributed by atoms with Gasteiger partial charge in [0.05, 0.1) is 12.4 Å². The average Bonchev–Trinajstić information content (AvgIpc) is 2.35. The van der Waals surface area contributed by atoms with E-state index in [9.17, 15) is 14.3 Å². The molecular weight excluding hydrogens is 257 g/mol. The molecule has 0 aliphatic heterocycles. The van der Waals surface area contributed by atoms with E-state index in [0.29, 0.717) is 4.90 Å². The van der Waals surface area contributed by atoms with E-state index >= 15 is 0 Å². The van der Waals surface area contributed by atoms with Crippen LogP contribution in [-0.4, -0.2) is 40.6 Å². The van der Waals surface area contributed by atoms with Gasteiger partial charge in [0.15, 0.2) is 0 Å². The molecule has 1 amide bonds. The minimum Gasteiger partial charge on any atom is -0.393 e. The number of thioether (sulfide) groups is 1. The van der Waals surface area contributed by atoms with Gasteiger partial charge in [-0.05, 0) is 19.1 Å². The van der Waals surface area contributed by atoms with Gasteiger partial charge in [-0.2, -0.15) is 0 Å². The molecule has 4 nitrogen and oxygen atoms in total. The van der Waals surface area contributed by atoms with Gasteiger partial charge in [-0.3, -0.25) is 4.79 Å². The molecule has 0 aliphatic rings. The molecular formula is C12H16FNO3S. The molecule has 1 aromatic rings. The number of rotatable bonds is 6. The van der Waals surface area contributed by atoms with Gasteiger partial charge in [-0.25, -0.2) is 4.39 Å². The summed E-state index contributed by atoms with van der Waals surface area (Å²) in [5, 5.41) is 20.7. The number of aliphatic hydroxyl groups excluding tert-OH is 1. The van der Waals surface area contributed by atoms with E-state index in [1.54, 1.807) is 18.2 Å². The summed E-state index contributed by atoms with van der Waals surface area (Å²) in [6.07, 6.45) is 0. The predicted octanol–water partition coefficient (Wildman–Crippen LogP) is 0.777. The van der Waals surface area contributed by atoms with E-state index in [-0.39, 0.29) is 24.0 Å². The number of amides is 1. The van der Waals surface area contributed by atoms with Gasteiger partial charge < -0.3 is 15.5 Å². The molecule has 1 aromatic carbocycles. The van der Waals surface area contributed by atoms with Crippen molar-refractivity contribution in [1.29, 1.82) is 0 Å². The lowest BCUT2D eigenvalue weighted by atomic mass is 10.1. The van der Waals surface area contributed by atoms with Crippen LogP contribution in [0, 0.1) is 5.82 Å². The average molecular weight is 273 g/mol. The van der Waals surface area contributed by atoms with Gasteiger partial charge >= 0.3 is 0 Å². The fraction of sp³-hybridized carbons (Fsp3) is 0.417. The number of aliphatic hydroxyl groups is 2. The van der Waals surface area contributed by atoms with E-state index < -0.39 is 12.2 Å². The largest absolute Gasteiger partial charge is 0.393 e. The molecule has 1 unspecified atom stereocenters. The van der Waals surface area contributed by atoms with Gasteiger partial charge in [0.2, 0.25) is 5.91 Å². The highest BCUT2D eigenvalue weighted by Gasteiger charge is 2.19. The van der Waals surface area contributed by atoms with E-state index in [2.05, 4.69) is 5.32 Å². The van der Waals surface area contributed by atoms with Crippen LogP contribution in [0.2, 0.25) is 0 Å². The number of carbonyl (C=O) groups excluding carboxylic acids is 1. The summed E-state index contributed by atoms with van der Waals surface area (Å²) in [6.45, 7) is 0.936. The first-order valence-electron chi connectivity index (χ1n) is 5.42. The minimum absolute atomic E-state index is 0.0415. The Morgan fingerprint density at radius 3 is 2.78 bits per heavy atom. The molecule has 1 rings (SSSR count). The Labute approximate surface area is 109 Å². The number of hydrogen-bond donors (Lipinski definition) is 3. The Kier molecular flexibility index (Phi) is 5.58. The second kappa shape index (κ2) is 6.72. The monoisotopic (exact) mass is 273 g/mol. The highest BCUT2D eigenvalue weighted by molar-refractivity contribution is 8.00. The van der Waals surface area contributed by atoms with Crippen LogP contribution in [0.25, 0.3) is 0 Å². The van der Waals surface area contributed by atoms with E-state index in [4.69, 9.17) is 5.11 Å². The highest BCUT2D eigenvalue weighted by Crippen LogP contribution is 2.20. The summed E-state index contributed by atoms with van der Waals surface area (Å²) in [6, 6.07) is 6.20. The summed E-state index contributed by atoms with van der Waals surface area (Å²) in [5.74, 6) is -0.628. The summed E-state index contributed by atoms with van der Waals surface area (Å²) >= 11 is 1.08. The van der Waals surface area contributed by atoms with Crippen LogP contribution in [0.5, 0.6) is 0 Å². The van der Waals surface area contributed by atoms with Crippen molar-refractivity contribution in [2.24, 2.45) is 0 Å². The van der Waals surface area contributed by atoms with E-state index in [1.807, 2.05) is 0 Å². The fourth-order valence-corrected chi connectivity index (χ4v) is 1.87. The third kappa shape index (κ3) is 5.03. The van der Waals surface area contributed by atoms with Crippen LogP contribution in [0.4, 0.5) is 4.39 Å². The molecule has 0 fully saturated rings. The third-order valence-corrected chi connectivity index (χ3v) is 3.25. The Morgan fingerprint density at radius 2 is 2.17 bits per heavy atom. The molecule has 0 aromatic heterocycles. The molecule has 100 valence electrons. The summed E-state index contributed by atoms with van der Waals surface area (Å²) in [7, 11) is 0. The molecule has 0 saturated heterocycles. The first-order chi connectivity index (χ1) is 8.44. The summed E-state index contributed by atoms with van der Waals surface area (Å²) in [4.78, 5) is 11.8. The maximum atomic E-state index is 13.2. The number of nitrogens with one attached hydrogen (secondary N) is 1. The summed E-state index contributed by atoms with van der Waals surface area (Å²) in [5.41, 5.74) is -1.33. The third-order valence-electron chi connectivity index (χ3n) is 2.20. The molecule has 0 spiro atoms. The Bertz CT molecular complexity index is 412. The Hall–Kier alpha value is -1.11. The summed E-state index contributed by atoms with van der Waals surface area (Å²) < 4.78 is 13.2. The normalized spacial score (nSPS) is 14.0. The number of carbonyl (C=O) groups is 1. The van der Waals surface area contributed by atoms with Crippen LogP contribution < -0.4 is 5.32 Å². The zero-order chi connectivity index (χ0) is 13.6. The predicted molar refractivity (Wildman–Crippen MR) is 67.8 cm³/mol. The zero-order valence-electron chi connectivity index (χ0n) is 10.0. The molecule has 0 bridgehead atoms. The maximum Gasteiger partial charge on any atom is 0.230 e. The molecule has 18 heavy (non-hydrogen) atoms. The van der Waals surface area contributed by atoms with Crippen LogP contribution in [0.1, 0.15) is 6.92 Å². The van der Waals surface area contributed by atoms with Crippen molar-refractivity contribution in [2.75, 3.05) is 18.9 Å². The second-order valence-electron chi connectivity index (χ2n) is 4.15. The maximum absolute atomic E-state index is 13.2. The molecule has 0 saturated carbocycles. The Morgan fingerprint density at radius 1 is 1.50 bits per heavy atom. The molecule has 1 atom stereocenters. The van der Waals surface area contributed by atoms with Gasteiger partial charge in [-0.15, -0.1) is 11.8 Å². The van der Waals surface area contributed by atoms with Crippen LogP contribution in [0.3, 0.4) is 0 Å². The van der Waals surface area contributed by atoms with E-state index in [1.165, 1.54) is 13.0 Å².